The van der Waals surface area contributed by atoms with Gasteiger partial charge in [-0.3, -0.25) is 9.69 Å². The minimum Gasteiger partial charge on any atom is -0.462 e. The number of nitrogens with one attached hydrogen (secondary N) is 1. The number of benzene rings is 1. The first-order valence-electron chi connectivity index (χ1n) is 8.43. The zero-order chi connectivity index (χ0) is 17.8. The number of hydrogen-bond donors (Lipinski definition) is 1. The van der Waals surface area contributed by atoms with E-state index >= 15 is 0 Å². The van der Waals surface area contributed by atoms with Gasteiger partial charge in [0.25, 0.3) is 0 Å². The van der Waals surface area contributed by atoms with Crippen molar-refractivity contribution in [1.29, 1.82) is 0 Å². The summed E-state index contributed by atoms with van der Waals surface area (Å²) in [4.78, 5) is 27.5. The lowest BCUT2D eigenvalue weighted by atomic mass is 10.00. The number of nitrogens with zero attached hydrogens (tertiary/aromatic N) is 1. The van der Waals surface area contributed by atoms with Crippen molar-refractivity contribution < 1.29 is 14.3 Å². The van der Waals surface area contributed by atoms with Crippen molar-refractivity contribution in [2.45, 2.75) is 26.8 Å². The molecular formula is C19H22N2O3S. The second-order valence-corrected chi connectivity index (χ2v) is 7.35. The van der Waals surface area contributed by atoms with Crippen molar-refractivity contribution in [2.75, 3.05) is 25.0 Å². The van der Waals surface area contributed by atoms with Crippen LogP contribution in [0.2, 0.25) is 0 Å². The van der Waals surface area contributed by atoms with Gasteiger partial charge in [0.15, 0.2) is 0 Å². The Morgan fingerprint density at radius 2 is 2.04 bits per heavy atom. The zero-order valence-corrected chi connectivity index (χ0v) is 15.3. The van der Waals surface area contributed by atoms with E-state index in [0.717, 1.165) is 24.4 Å². The van der Waals surface area contributed by atoms with Gasteiger partial charge in [-0.2, -0.15) is 0 Å². The molecule has 0 atom stereocenters. The number of anilines is 1. The molecule has 0 spiro atoms. The summed E-state index contributed by atoms with van der Waals surface area (Å²) in [6.07, 6.45) is 0.954. The molecule has 25 heavy (non-hydrogen) atoms. The number of esters is 1. The van der Waals surface area contributed by atoms with Gasteiger partial charge in [-0.05, 0) is 37.5 Å². The molecule has 0 aliphatic carbocycles. The van der Waals surface area contributed by atoms with Crippen LogP contribution in [0.5, 0.6) is 0 Å². The molecule has 1 aliphatic rings. The third-order valence-corrected chi connectivity index (χ3v) is 5.15. The number of amides is 1. The first kappa shape index (κ1) is 17.6. The lowest BCUT2D eigenvalue weighted by Gasteiger charge is -2.28. The molecule has 1 N–H and O–H groups in total. The minimum absolute atomic E-state index is 0.105. The van der Waals surface area contributed by atoms with Crippen molar-refractivity contribution in [3.05, 3.63) is 51.9 Å². The van der Waals surface area contributed by atoms with Gasteiger partial charge in [0.05, 0.1) is 18.7 Å². The molecule has 0 radical (unpaired) electrons. The Labute approximate surface area is 151 Å². The standard InChI is InChI=1S/C19H22N2O3S/c1-3-24-19(23)16-10-13(2)25-18(16)20-17(22)12-21-9-8-14-6-4-5-7-15(14)11-21/h4-7,10H,3,8-9,11-12H2,1-2H3,(H,20,22). The highest BCUT2D eigenvalue weighted by Gasteiger charge is 2.21. The summed E-state index contributed by atoms with van der Waals surface area (Å²) in [5.41, 5.74) is 3.07. The predicted molar refractivity (Wildman–Crippen MR) is 99.1 cm³/mol. The third kappa shape index (κ3) is 4.27. The Bertz CT molecular complexity index is 785. The highest BCUT2D eigenvalue weighted by molar-refractivity contribution is 7.16. The normalized spacial score (nSPS) is 14.0. The number of ether oxygens (including phenoxy) is 1. The van der Waals surface area contributed by atoms with E-state index in [1.807, 2.05) is 13.0 Å². The van der Waals surface area contributed by atoms with E-state index in [0.29, 0.717) is 23.7 Å². The summed E-state index contributed by atoms with van der Waals surface area (Å²) in [6, 6.07) is 10.1. The van der Waals surface area contributed by atoms with Gasteiger partial charge in [-0.1, -0.05) is 24.3 Å². The van der Waals surface area contributed by atoms with Crippen LogP contribution in [0.3, 0.4) is 0 Å². The number of carbonyl (C=O) groups excluding carboxylic acids is 2. The quantitative estimate of drug-likeness (QED) is 0.834. The molecule has 5 nitrogen and oxygen atoms in total. The number of rotatable bonds is 5. The molecule has 6 heteroatoms. The van der Waals surface area contributed by atoms with Gasteiger partial charge in [-0.25, -0.2) is 4.79 Å². The molecule has 0 unspecified atom stereocenters. The van der Waals surface area contributed by atoms with Crippen molar-refractivity contribution in [1.82, 2.24) is 4.90 Å². The van der Waals surface area contributed by atoms with Crippen LogP contribution in [0.15, 0.2) is 30.3 Å². The number of aryl methyl sites for hydroxylation is 1. The molecule has 0 saturated heterocycles. The molecule has 1 aliphatic heterocycles. The highest BCUT2D eigenvalue weighted by atomic mass is 32.1. The number of carbonyl (C=O) groups is 2. The lowest BCUT2D eigenvalue weighted by Crippen LogP contribution is -2.37. The summed E-state index contributed by atoms with van der Waals surface area (Å²) >= 11 is 1.40. The number of fused-ring (bicyclic) bond motifs is 1. The number of hydrogen-bond acceptors (Lipinski definition) is 5. The smallest absolute Gasteiger partial charge is 0.341 e. The van der Waals surface area contributed by atoms with Gasteiger partial charge in [-0.15, -0.1) is 11.3 Å². The minimum atomic E-state index is -0.394. The Morgan fingerprint density at radius 1 is 1.28 bits per heavy atom. The van der Waals surface area contributed by atoms with E-state index in [4.69, 9.17) is 4.74 Å². The van der Waals surface area contributed by atoms with Crippen molar-refractivity contribution in [3.63, 3.8) is 0 Å². The van der Waals surface area contributed by atoms with Crippen LogP contribution in [0.25, 0.3) is 0 Å². The zero-order valence-electron chi connectivity index (χ0n) is 14.5. The van der Waals surface area contributed by atoms with E-state index in [2.05, 4.69) is 28.4 Å². The second-order valence-electron chi connectivity index (χ2n) is 6.10. The summed E-state index contributed by atoms with van der Waals surface area (Å²) in [6.45, 7) is 5.94. The second kappa shape index (κ2) is 7.80. The SMILES string of the molecule is CCOC(=O)c1cc(C)sc1NC(=O)CN1CCc2ccccc2C1. The van der Waals surface area contributed by atoms with Crippen LogP contribution < -0.4 is 5.32 Å². The van der Waals surface area contributed by atoms with Crippen molar-refractivity contribution in [2.24, 2.45) is 0 Å². The molecule has 0 bridgehead atoms. The molecule has 3 rings (SSSR count). The summed E-state index contributed by atoms with van der Waals surface area (Å²) in [7, 11) is 0. The van der Waals surface area contributed by atoms with Crippen LogP contribution in [0.1, 0.15) is 33.3 Å². The third-order valence-electron chi connectivity index (χ3n) is 4.18. The van der Waals surface area contributed by atoms with Gasteiger partial charge in [0, 0.05) is 18.0 Å². The van der Waals surface area contributed by atoms with Crippen LogP contribution in [0, 0.1) is 6.92 Å². The average Bonchev–Trinajstić information content (AvgIpc) is 2.95. The molecule has 1 aromatic carbocycles. The maximum Gasteiger partial charge on any atom is 0.341 e. The van der Waals surface area contributed by atoms with E-state index in [1.54, 1.807) is 13.0 Å². The van der Waals surface area contributed by atoms with Crippen LogP contribution in [-0.2, 0) is 22.5 Å². The predicted octanol–water partition coefficient (Wildman–Crippen LogP) is 3.23. The molecule has 0 fully saturated rings. The number of thiophene rings is 1. The van der Waals surface area contributed by atoms with Crippen molar-refractivity contribution in [3.8, 4) is 0 Å². The molecule has 132 valence electrons. The van der Waals surface area contributed by atoms with Crippen LogP contribution in [0.4, 0.5) is 5.00 Å². The van der Waals surface area contributed by atoms with E-state index < -0.39 is 5.97 Å². The summed E-state index contributed by atoms with van der Waals surface area (Å²) < 4.78 is 5.06. The van der Waals surface area contributed by atoms with E-state index in [-0.39, 0.29) is 5.91 Å². The Balaban J connectivity index is 1.63. The fourth-order valence-corrected chi connectivity index (χ4v) is 3.94. The van der Waals surface area contributed by atoms with Crippen LogP contribution in [-0.4, -0.2) is 36.5 Å². The van der Waals surface area contributed by atoms with E-state index in [9.17, 15) is 9.59 Å². The average molecular weight is 358 g/mol. The van der Waals surface area contributed by atoms with Gasteiger partial charge in [0.2, 0.25) is 5.91 Å². The largest absolute Gasteiger partial charge is 0.462 e. The maximum atomic E-state index is 12.4. The fourth-order valence-electron chi connectivity index (χ4n) is 3.03. The molecule has 1 aromatic heterocycles. The van der Waals surface area contributed by atoms with Gasteiger partial charge >= 0.3 is 5.97 Å². The first-order valence-corrected chi connectivity index (χ1v) is 9.25. The van der Waals surface area contributed by atoms with E-state index in [1.165, 1.54) is 22.5 Å². The van der Waals surface area contributed by atoms with Gasteiger partial charge in [0.1, 0.15) is 5.00 Å². The topological polar surface area (TPSA) is 58.6 Å². The Morgan fingerprint density at radius 3 is 2.80 bits per heavy atom. The lowest BCUT2D eigenvalue weighted by molar-refractivity contribution is -0.117. The molecule has 1 amide bonds. The Kier molecular flexibility index (Phi) is 5.50. The molecule has 2 aromatic rings. The first-order chi connectivity index (χ1) is 12.1. The fraction of sp³-hybridized carbons (Fsp3) is 0.368. The molecular weight excluding hydrogens is 336 g/mol. The van der Waals surface area contributed by atoms with Crippen molar-refractivity contribution >= 4 is 28.2 Å². The molecule has 2 heterocycles. The molecule has 0 saturated carbocycles. The van der Waals surface area contributed by atoms with Gasteiger partial charge < -0.3 is 10.1 Å². The Hall–Kier alpha value is -2.18. The maximum absolute atomic E-state index is 12.4. The van der Waals surface area contributed by atoms with Crippen LogP contribution >= 0.6 is 11.3 Å². The highest BCUT2D eigenvalue weighted by Crippen LogP contribution is 2.28. The monoisotopic (exact) mass is 358 g/mol. The summed E-state index contributed by atoms with van der Waals surface area (Å²) in [5.74, 6) is -0.499. The summed E-state index contributed by atoms with van der Waals surface area (Å²) in [5, 5.41) is 3.45.